The van der Waals surface area contributed by atoms with Crippen LogP contribution in [-0.2, 0) is 6.54 Å². The number of benzene rings is 1. The van der Waals surface area contributed by atoms with Gasteiger partial charge in [0.1, 0.15) is 0 Å². The van der Waals surface area contributed by atoms with Gasteiger partial charge < -0.3 is 15.1 Å². The molecule has 0 spiro atoms. The average Bonchev–Trinajstić information content (AvgIpc) is 2.63. The zero-order chi connectivity index (χ0) is 14.0. The van der Waals surface area contributed by atoms with E-state index >= 15 is 0 Å². The molecule has 0 saturated carbocycles. The maximum Gasteiger partial charge on any atom is 0.417 e. The number of aromatic amines is 1. The highest BCUT2D eigenvalue weighted by Gasteiger charge is 2.13. The molecule has 19 heavy (non-hydrogen) atoms. The number of hydrogen-bond acceptors (Lipinski definition) is 3. The van der Waals surface area contributed by atoms with E-state index < -0.39 is 5.76 Å². The Morgan fingerprint density at radius 3 is 2.79 bits per heavy atom. The minimum Gasteiger partial charge on any atom is -0.408 e. The Morgan fingerprint density at radius 1 is 1.37 bits per heavy atom. The zero-order valence-electron chi connectivity index (χ0n) is 11.2. The number of urea groups is 1. The zero-order valence-corrected chi connectivity index (χ0v) is 11.2. The molecule has 102 valence electrons. The van der Waals surface area contributed by atoms with E-state index in [1.54, 1.807) is 18.2 Å². The van der Waals surface area contributed by atoms with E-state index in [4.69, 9.17) is 4.42 Å². The van der Waals surface area contributed by atoms with Crippen LogP contribution in [0.25, 0.3) is 11.1 Å². The van der Waals surface area contributed by atoms with Gasteiger partial charge in [-0.05, 0) is 38.5 Å². The molecule has 2 rings (SSSR count). The third kappa shape index (κ3) is 3.61. The van der Waals surface area contributed by atoms with Gasteiger partial charge in [0.05, 0.1) is 5.52 Å². The maximum absolute atomic E-state index is 11.6. The first-order valence-corrected chi connectivity index (χ1v) is 6.01. The number of H-pyrrole nitrogens is 1. The second-order valence-corrected chi connectivity index (χ2v) is 5.40. The van der Waals surface area contributed by atoms with Crippen molar-refractivity contribution in [2.45, 2.75) is 32.9 Å². The minimum absolute atomic E-state index is 0.228. The van der Waals surface area contributed by atoms with Crippen LogP contribution in [0, 0.1) is 0 Å². The van der Waals surface area contributed by atoms with E-state index in [9.17, 15) is 9.59 Å². The lowest BCUT2D eigenvalue weighted by atomic mass is 10.1. The molecule has 1 aromatic heterocycles. The van der Waals surface area contributed by atoms with Crippen molar-refractivity contribution in [3.63, 3.8) is 0 Å². The summed E-state index contributed by atoms with van der Waals surface area (Å²) in [6.07, 6.45) is 0. The van der Waals surface area contributed by atoms with Gasteiger partial charge in [0.2, 0.25) is 0 Å². The lowest BCUT2D eigenvalue weighted by Crippen LogP contribution is -2.46. The Hall–Kier alpha value is -2.24. The van der Waals surface area contributed by atoms with Crippen molar-refractivity contribution in [1.82, 2.24) is 15.6 Å². The Labute approximate surface area is 110 Å². The van der Waals surface area contributed by atoms with E-state index in [1.165, 1.54) is 0 Å². The number of aromatic nitrogens is 1. The van der Waals surface area contributed by atoms with Crippen molar-refractivity contribution in [3.05, 3.63) is 34.3 Å². The molecule has 0 unspecified atom stereocenters. The molecule has 0 bridgehead atoms. The minimum atomic E-state index is -0.481. The number of carbonyl (C=O) groups excluding carboxylic acids is 1. The Bertz CT molecular complexity index is 649. The molecule has 0 atom stereocenters. The molecular weight excluding hydrogens is 246 g/mol. The molecule has 6 nitrogen and oxygen atoms in total. The number of fused-ring (bicyclic) bond motifs is 1. The fraction of sp³-hybridized carbons (Fsp3) is 0.385. The van der Waals surface area contributed by atoms with Crippen LogP contribution in [-0.4, -0.2) is 16.6 Å². The molecule has 3 N–H and O–H groups in total. The summed E-state index contributed by atoms with van der Waals surface area (Å²) in [6, 6.07) is 5.05. The lowest BCUT2D eigenvalue weighted by Gasteiger charge is -2.20. The van der Waals surface area contributed by atoms with Crippen molar-refractivity contribution in [2.24, 2.45) is 0 Å². The molecule has 0 saturated heterocycles. The summed E-state index contributed by atoms with van der Waals surface area (Å²) < 4.78 is 4.90. The fourth-order valence-corrected chi connectivity index (χ4v) is 1.68. The molecule has 0 aliphatic heterocycles. The molecule has 0 fully saturated rings. The molecule has 0 aliphatic carbocycles. The normalized spacial score (nSPS) is 11.5. The third-order valence-electron chi connectivity index (χ3n) is 2.42. The van der Waals surface area contributed by atoms with Gasteiger partial charge in [0.25, 0.3) is 0 Å². The lowest BCUT2D eigenvalue weighted by molar-refractivity contribution is 0.231. The van der Waals surface area contributed by atoms with Gasteiger partial charge in [-0.1, -0.05) is 6.07 Å². The Balaban J connectivity index is 2.01. The molecule has 1 heterocycles. The highest BCUT2D eigenvalue weighted by atomic mass is 16.4. The quantitative estimate of drug-likeness (QED) is 0.771. The van der Waals surface area contributed by atoms with Crippen molar-refractivity contribution < 1.29 is 9.21 Å². The largest absolute Gasteiger partial charge is 0.417 e. The molecule has 2 aromatic rings. The Kier molecular flexibility index (Phi) is 3.33. The van der Waals surface area contributed by atoms with Crippen LogP contribution >= 0.6 is 0 Å². The van der Waals surface area contributed by atoms with E-state index in [1.807, 2.05) is 20.8 Å². The van der Waals surface area contributed by atoms with E-state index in [2.05, 4.69) is 15.6 Å². The Morgan fingerprint density at radius 2 is 2.11 bits per heavy atom. The number of hydrogen-bond donors (Lipinski definition) is 3. The molecule has 0 aliphatic rings. The van der Waals surface area contributed by atoms with Gasteiger partial charge in [-0.3, -0.25) is 4.98 Å². The van der Waals surface area contributed by atoms with Gasteiger partial charge in [0, 0.05) is 12.1 Å². The first-order valence-electron chi connectivity index (χ1n) is 6.01. The van der Waals surface area contributed by atoms with Crippen molar-refractivity contribution in [3.8, 4) is 0 Å². The number of amides is 2. The SMILES string of the molecule is CC(C)(C)NC(=O)NCc1ccc2oc(=O)[nH]c2c1. The maximum atomic E-state index is 11.6. The fourth-order valence-electron chi connectivity index (χ4n) is 1.68. The predicted molar refractivity (Wildman–Crippen MR) is 72.0 cm³/mol. The summed E-state index contributed by atoms with van der Waals surface area (Å²) in [5.41, 5.74) is 1.74. The second-order valence-electron chi connectivity index (χ2n) is 5.40. The van der Waals surface area contributed by atoms with Gasteiger partial charge in [-0.15, -0.1) is 0 Å². The van der Waals surface area contributed by atoms with Gasteiger partial charge in [-0.2, -0.15) is 0 Å². The van der Waals surface area contributed by atoms with Crippen LogP contribution in [0.4, 0.5) is 4.79 Å². The molecule has 6 heteroatoms. The summed E-state index contributed by atoms with van der Waals surface area (Å²) >= 11 is 0. The monoisotopic (exact) mass is 263 g/mol. The number of nitrogens with one attached hydrogen (secondary N) is 3. The number of oxazole rings is 1. The average molecular weight is 263 g/mol. The van der Waals surface area contributed by atoms with E-state index in [-0.39, 0.29) is 11.6 Å². The van der Waals surface area contributed by atoms with Crippen LogP contribution in [0.3, 0.4) is 0 Å². The summed E-state index contributed by atoms with van der Waals surface area (Å²) in [5.74, 6) is -0.481. The topological polar surface area (TPSA) is 87.1 Å². The number of rotatable bonds is 2. The standard InChI is InChI=1S/C13H17N3O3/c1-13(2,3)16-11(17)14-7-8-4-5-10-9(6-8)15-12(18)19-10/h4-6H,7H2,1-3H3,(H,15,18)(H2,14,16,17). The van der Waals surface area contributed by atoms with Crippen molar-refractivity contribution >= 4 is 17.1 Å². The summed E-state index contributed by atoms with van der Waals surface area (Å²) in [5, 5.41) is 5.56. The first-order chi connectivity index (χ1) is 8.83. The van der Waals surface area contributed by atoms with Gasteiger partial charge in [-0.25, -0.2) is 9.59 Å². The second kappa shape index (κ2) is 4.79. The van der Waals surface area contributed by atoms with Crippen molar-refractivity contribution in [1.29, 1.82) is 0 Å². The molecule has 1 aromatic carbocycles. The van der Waals surface area contributed by atoms with Crippen LogP contribution < -0.4 is 16.4 Å². The van der Waals surface area contributed by atoms with Crippen LogP contribution in [0.5, 0.6) is 0 Å². The van der Waals surface area contributed by atoms with Gasteiger partial charge in [0.15, 0.2) is 5.58 Å². The van der Waals surface area contributed by atoms with Crippen LogP contribution in [0.1, 0.15) is 26.3 Å². The summed E-state index contributed by atoms with van der Waals surface area (Å²) in [7, 11) is 0. The van der Waals surface area contributed by atoms with Crippen LogP contribution in [0.15, 0.2) is 27.4 Å². The molecular formula is C13H17N3O3. The predicted octanol–water partition coefficient (Wildman–Crippen LogP) is 1.72. The van der Waals surface area contributed by atoms with Crippen molar-refractivity contribution in [2.75, 3.05) is 0 Å². The molecule has 2 amide bonds. The third-order valence-corrected chi connectivity index (χ3v) is 2.42. The number of carbonyl (C=O) groups is 1. The summed E-state index contributed by atoms with van der Waals surface area (Å²) in [6.45, 7) is 6.11. The smallest absolute Gasteiger partial charge is 0.408 e. The highest BCUT2D eigenvalue weighted by Crippen LogP contribution is 2.11. The summed E-state index contributed by atoms with van der Waals surface area (Å²) in [4.78, 5) is 25.2. The highest BCUT2D eigenvalue weighted by molar-refractivity contribution is 5.75. The van der Waals surface area contributed by atoms with Crippen LogP contribution in [0.2, 0.25) is 0 Å². The first kappa shape index (κ1) is 13.2. The van der Waals surface area contributed by atoms with Gasteiger partial charge >= 0.3 is 11.8 Å². The van der Waals surface area contributed by atoms with E-state index in [0.717, 1.165) is 5.56 Å². The molecule has 0 radical (unpaired) electrons. The van der Waals surface area contributed by atoms with E-state index in [0.29, 0.717) is 17.6 Å².